The van der Waals surface area contributed by atoms with Crippen molar-refractivity contribution in [2.75, 3.05) is 46.8 Å². The minimum absolute atomic E-state index is 0.703. The number of hydrogen-bond acceptors (Lipinski definition) is 3. The van der Waals surface area contributed by atoms with Gasteiger partial charge in [-0.25, -0.2) is 0 Å². The highest BCUT2D eigenvalue weighted by molar-refractivity contribution is 4.79. The molecule has 1 heterocycles. The number of hydrogen-bond donors (Lipinski definition) is 1. The van der Waals surface area contributed by atoms with E-state index < -0.39 is 0 Å². The third kappa shape index (κ3) is 6.73. The molecule has 0 amide bonds. The van der Waals surface area contributed by atoms with Gasteiger partial charge in [0.1, 0.15) is 0 Å². The molecule has 1 fully saturated rings. The molecule has 3 heteroatoms. The molecule has 114 valence electrons. The summed E-state index contributed by atoms with van der Waals surface area (Å²) in [6.45, 7) is 13.0. The minimum atomic E-state index is 0.703. The summed E-state index contributed by atoms with van der Waals surface area (Å²) in [5.74, 6) is 1.62. The van der Waals surface area contributed by atoms with Crippen LogP contribution in [0.5, 0.6) is 0 Å². The molecule has 1 rings (SSSR count). The number of likely N-dealkylation sites (N-methyl/N-ethyl adjacent to an activating group) is 1. The second-order valence-electron chi connectivity index (χ2n) is 6.85. The first-order valence-electron chi connectivity index (χ1n) is 8.12. The van der Waals surface area contributed by atoms with Crippen molar-refractivity contribution < 1.29 is 0 Å². The summed E-state index contributed by atoms with van der Waals surface area (Å²) in [4.78, 5) is 5.06. The molecule has 0 radical (unpaired) electrons. The largest absolute Gasteiger partial charge is 0.315 e. The molecule has 3 nitrogen and oxygen atoms in total. The minimum Gasteiger partial charge on any atom is -0.315 e. The molecule has 0 aromatic heterocycles. The summed E-state index contributed by atoms with van der Waals surface area (Å²) in [5, 5.41) is 3.63. The van der Waals surface area contributed by atoms with E-state index in [-0.39, 0.29) is 0 Å². The van der Waals surface area contributed by atoms with E-state index in [1.807, 2.05) is 0 Å². The van der Waals surface area contributed by atoms with Crippen LogP contribution in [-0.2, 0) is 0 Å². The van der Waals surface area contributed by atoms with Crippen LogP contribution in [0.2, 0.25) is 0 Å². The van der Waals surface area contributed by atoms with Gasteiger partial charge < -0.3 is 15.1 Å². The maximum absolute atomic E-state index is 3.63. The summed E-state index contributed by atoms with van der Waals surface area (Å²) in [6.07, 6.45) is 3.96. The first-order chi connectivity index (χ1) is 9.02. The highest BCUT2D eigenvalue weighted by Crippen LogP contribution is 2.17. The summed E-state index contributed by atoms with van der Waals surface area (Å²) < 4.78 is 0. The predicted molar refractivity (Wildman–Crippen MR) is 84.6 cm³/mol. The van der Waals surface area contributed by atoms with Gasteiger partial charge in [0.25, 0.3) is 0 Å². The molecule has 19 heavy (non-hydrogen) atoms. The highest BCUT2D eigenvalue weighted by atomic mass is 15.2. The van der Waals surface area contributed by atoms with Crippen molar-refractivity contribution in [1.29, 1.82) is 0 Å². The van der Waals surface area contributed by atoms with Gasteiger partial charge in [-0.1, -0.05) is 27.2 Å². The van der Waals surface area contributed by atoms with Crippen molar-refractivity contribution in [2.24, 2.45) is 11.8 Å². The van der Waals surface area contributed by atoms with Crippen LogP contribution in [0.15, 0.2) is 0 Å². The Kier molecular flexibility index (Phi) is 7.96. The van der Waals surface area contributed by atoms with Crippen molar-refractivity contribution >= 4 is 0 Å². The molecule has 0 spiro atoms. The fourth-order valence-electron chi connectivity index (χ4n) is 3.08. The lowest BCUT2D eigenvalue weighted by Crippen LogP contribution is -2.43. The lowest BCUT2D eigenvalue weighted by molar-refractivity contribution is 0.190. The van der Waals surface area contributed by atoms with E-state index in [1.54, 1.807) is 0 Å². The van der Waals surface area contributed by atoms with Crippen LogP contribution < -0.4 is 5.32 Å². The first-order valence-corrected chi connectivity index (χ1v) is 8.12. The van der Waals surface area contributed by atoms with Crippen LogP contribution in [0.4, 0.5) is 0 Å². The quantitative estimate of drug-likeness (QED) is 0.693. The Morgan fingerprint density at radius 1 is 1.32 bits per heavy atom. The van der Waals surface area contributed by atoms with E-state index in [1.165, 1.54) is 38.9 Å². The second-order valence-corrected chi connectivity index (χ2v) is 6.85. The normalized spacial score (nSPS) is 22.6. The number of likely N-dealkylation sites (tertiary alicyclic amines) is 1. The monoisotopic (exact) mass is 269 g/mol. The molecule has 1 aliphatic rings. The van der Waals surface area contributed by atoms with Gasteiger partial charge in [0, 0.05) is 25.7 Å². The smallest absolute Gasteiger partial charge is 0.0217 e. The molecule has 0 aromatic carbocycles. The first kappa shape index (κ1) is 16.9. The third-order valence-corrected chi connectivity index (χ3v) is 4.21. The molecule has 0 aromatic rings. The van der Waals surface area contributed by atoms with E-state index in [9.17, 15) is 0 Å². The van der Waals surface area contributed by atoms with Gasteiger partial charge >= 0.3 is 0 Å². The molecular formula is C16H35N3. The maximum Gasteiger partial charge on any atom is 0.0217 e. The molecule has 0 bridgehead atoms. The Hall–Kier alpha value is -0.120. The zero-order chi connectivity index (χ0) is 14.3. The van der Waals surface area contributed by atoms with Crippen LogP contribution in [0, 0.1) is 11.8 Å². The molecule has 1 N–H and O–H groups in total. The van der Waals surface area contributed by atoms with Gasteiger partial charge in [-0.15, -0.1) is 0 Å². The van der Waals surface area contributed by atoms with Gasteiger partial charge in [-0.05, 0) is 51.9 Å². The van der Waals surface area contributed by atoms with E-state index in [0.717, 1.165) is 24.9 Å². The SMILES string of the molecule is CCCC(CNCC(C)C)N(C)CC1CCN(C)C1. The lowest BCUT2D eigenvalue weighted by Gasteiger charge is -2.30. The molecule has 1 saturated heterocycles. The van der Waals surface area contributed by atoms with Crippen LogP contribution in [0.3, 0.4) is 0 Å². The summed E-state index contributed by atoms with van der Waals surface area (Å²) in [5.41, 5.74) is 0. The predicted octanol–water partition coefficient (Wildman–Crippen LogP) is 2.28. The van der Waals surface area contributed by atoms with Gasteiger partial charge in [-0.2, -0.15) is 0 Å². The Morgan fingerprint density at radius 3 is 2.58 bits per heavy atom. The fourth-order valence-corrected chi connectivity index (χ4v) is 3.08. The van der Waals surface area contributed by atoms with Crippen LogP contribution >= 0.6 is 0 Å². The standard InChI is InChI=1S/C16H35N3/c1-6-7-16(11-17-10-14(2)3)19(5)13-15-8-9-18(4)12-15/h14-17H,6-13H2,1-5H3. The number of nitrogens with zero attached hydrogens (tertiary/aromatic N) is 2. The zero-order valence-electron chi connectivity index (χ0n) is 13.8. The molecular weight excluding hydrogens is 234 g/mol. The van der Waals surface area contributed by atoms with Crippen molar-refractivity contribution in [3.63, 3.8) is 0 Å². The number of nitrogens with one attached hydrogen (secondary N) is 1. The average Bonchev–Trinajstić information content (AvgIpc) is 2.73. The van der Waals surface area contributed by atoms with Crippen molar-refractivity contribution in [2.45, 2.75) is 46.1 Å². The van der Waals surface area contributed by atoms with E-state index in [4.69, 9.17) is 0 Å². The Balaban J connectivity index is 2.32. The van der Waals surface area contributed by atoms with Crippen LogP contribution in [0.25, 0.3) is 0 Å². The summed E-state index contributed by atoms with van der Waals surface area (Å²) >= 11 is 0. The van der Waals surface area contributed by atoms with Crippen LogP contribution in [0.1, 0.15) is 40.0 Å². The third-order valence-electron chi connectivity index (χ3n) is 4.21. The van der Waals surface area contributed by atoms with Crippen molar-refractivity contribution in [1.82, 2.24) is 15.1 Å². The van der Waals surface area contributed by atoms with Gasteiger partial charge in [0.05, 0.1) is 0 Å². The van der Waals surface area contributed by atoms with Crippen LogP contribution in [-0.4, -0.2) is 62.7 Å². The lowest BCUT2D eigenvalue weighted by atomic mass is 10.1. The Bertz CT molecular complexity index is 230. The molecule has 2 atom stereocenters. The van der Waals surface area contributed by atoms with Gasteiger partial charge in [-0.3, -0.25) is 0 Å². The van der Waals surface area contributed by atoms with Crippen molar-refractivity contribution in [3.8, 4) is 0 Å². The second kappa shape index (κ2) is 8.93. The van der Waals surface area contributed by atoms with E-state index >= 15 is 0 Å². The fraction of sp³-hybridized carbons (Fsp3) is 1.00. The Morgan fingerprint density at radius 2 is 2.05 bits per heavy atom. The molecule has 2 unspecified atom stereocenters. The highest BCUT2D eigenvalue weighted by Gasteiger charge is 2.23. The van der Waals surface area contributed by atoms with E-state index in [0.29, 0.717) is 6.04 Å². The number of rotatable bonds is 9. The van der Waals surface area contributed by atoms with Gasteiger partial charge in [0.2, 0.25) is 0 Å². The van der Waals surface area contributed by atoms with Gasteiger partial charge in [0.15, 0.2) is 0 Å². The molecule has 0 saturated carbocycles. The summed E-state index contributed by atoms with van der Waals surface area (Å²) in [6, 6.07) is 0.703. The van der Waals surface area contributed by atoms with Crippen molar-refractivity contribution in [3.05, 3.63) is 0 Å². The average molecular weight is 269 g/mol. The van der Waals surface area contributed by atoms with E-state index in [2.05, 4.69) is 50.0 Å². The summed E-state index contributed by atoms with van der Waals surface area (Å²) in [7, 11) is 4.56. The topological polar surface area (TPSA) is 18.5 Å². The zero-order valence-corrected chi connectivity index (χ0v) is 13.8. The Labute approximate surface area is 120 Å². The molecule has 0 aliphatic carbocycles. The molecule has 1 aliphatic heterocycles. The maximum atomic E-state index is 3.63.